The molecule has 0 atom stereocenters. The Morgan fingerprint density at radius 2 is 1.42 bits per heavy atom. The first-order valence-corrected chi connectivity index (χ1v) is 7.67. The topological polar surface area (TPSA) is 55.2 Å². The van der Waals surface area contributed by atoms with Crippen LogP contribution in [0.5, 0.6) is 0 Å². The maximum atomic E-state index is 12.6. The van der Waals surface area contributed by atoms with Crippen LogP contribution < -0.4 is 4.90 Å². The Balaban J connectivity index is 1.78. The highest BCUT2D eigenvalue weighted by Gasteiger charge is 2.38. The zero-order valence-corrected chi connectivity index (χ0v) is 13.4. The van der Waals surface area contributed by atoms with E-state index >= 15 is 0 Å². The van der Waals surface area contributed by atoms with Crippen LogP contribution in [0.1, 0.15) is 32.0 Å². The molecule has 24 heavy (non-hydrogen) atoms. The van der Waals surface area contributed by atoms with Crippen LogP contribution in [0.3, 0.4) is 0 Å². The van der Waals surface area contributed by atoms with Crippen LogP contribution in [0, 0.1) is 13.8 Å². The minimum atomic E-state index is -0.304. The molecule has 0 saturated carbocycles. The summed E-state index contributed by atoms with van der Waals surface area (Å²) in [5.41, 5.74) is 4.18. The molecular weight excluding hydrogens is 302 g/mol. The SMILES string of the molecule is Cc1ccc(-n2ncc(N3C(=O)c4ccccc4C3=O)c2C)cc1. The Hall–Kier alpha value is -3.21. The molecule has 1 aromatic heterocycles. The van der Waals surface area contributed by atoms with Crippen LogP contribution in [0.2, 0.25) is 0 Å². The lowest BCUT2D eigenvalue weighted by Crippen LogP contribution is -2.29. The van der Waals surface area contributed by atoms with E-state index in [1.165, 1.54) is 4.90 Å². The van der Waals surface area contributed by atoms with Crippen LogP contribution >= 0.6 is 0 Å². The summed E-state index contributed by atoms with van der Waals surface area (Å²) < 4.78 is 1.73. The number of fused-ring (bicyclic) bond motifs is 1. The average molecular weight is 317 g/mol. The van der Waals surface area contributed by atoms with Crippen molar-refractivity contribution in [3.05, 3.63) is 77.1 Å². The predicted octanol–water partition coefficient (Wildman–Crippen LogP) is 3.29. The highest BCUT2D eigenvalue weighted by molar-refractivity contribution is 6.34. The maximum absolute atomic E-state index is 12.6. The first kappa shape index (κ1) is 14.4. The number of rotatable bonds is 2. The van der Waals surface area contributed by atoms with Crippen molar-refractivity contribution in [2.24, 2.45) is 0 Å². The minimum absolute atomic E-state index is 0.304. The van der Waals surface area contributed by atoms with E-state index in [1.54, 1.807) is 35.1 Å². The Labute approximate surface area is 139 Å². The quantitative estimate of drug-likeness (QED) is 0.682. The summed E-state index contributed by atoms with van der Waals surface area (Å²) in [7, 11) is 0. The standard InChI is InChI=1S/C19H15N3O2/c1-12-7-9-14(10-8-12)22-13(2)17(11-20-22)21-18(23)15-5-3-4-6-16(15)19(21)24/h3-11H,1-2H3. The van der Waals surface area contributed by atoms with Crippen molar-refractivity contribution < 1.29 is 9.59 Å². The van der Waals surface area contributed by atoms with Gasteiger partial charge in [0.25, 0.3) is 11.8 Å². The molecule has 0 bridgehead atoms. The van der Waals surface area contributed by atoms with Crippen molar-refractivity contribution in [3.8, 4) is 5.69 Å². The second-order valence-electron chi connectivity index (χ2n) is 5.85. The van der Waals surface area contributed by atoms with E-state index in [0.717, 1.165) is 16.9 Å². The van der Waals surface area contributed by atoms with Crippen LogP contribution in [-0.4, -0.2) is 21.6 Å². The summed E-state index contributed by atoms with van der Waals surface area (Å²) >= 11 is 0. The largest absolute Gasteiger partial charge is 0.268 e. The molecule has 5 nitrogen and oxygen atoms in total. The van der Waals surface area contributed by atoms with Crippen molar-refractivity contribution in [2.75, 3.05) is 4.90 Å². The van der Waals surface area contributed by atoms with Crippen molar-refractivity contribution in [3.63, 3.8) is 0 Å². The molecule has 1 aliphatic rings. The molecule has 2 heterocycles. The molecule has 0 fully saturated rings. The van der Waals surface area contributed by atoms with Crippen molar-refractivity contribution >= 4 is 17.5 Å². The molecule has 3 aromatic rings. The summed E-state index contributed by atoms with van der Waals surface area (Å²) in [4.78, 5) is 26.4. The van der Waals surface area contributed by atoms with E-state index in [1.807, 2.05) is 38.1 Å². The van der Waals surface area contributed by atoms with Gasteiger partial charge in [-0.2, -0.15) is 5.10 Å². The molecule has 2 amide bonds. The molecular formula is C19H15N3O2. The molecule has 0 N–H and O–H groups in total. The molecule has 0 saturated heterocycles. The third kappa shape index (κ3) is 1.98. The summed E-state index contributed by atoms with van der Waals surface area (Å²) in [6.07, 6.45) is 1.57. The smallest absolute Gasteiger partial charge is 0.266 e. The lowest BCUT2D eigenvalue weighted by Gasteiger charge is -2.13. The van der Waals surface area contributed by atoms with E-state index < -0.39 is 0 Å². The van der Waals surface area contributed by atoms with Gasteiger partial charge in [0.1, 0.15) is 0 Å². The van der Waals surface area contributed by atoms with Gasteiger partial charge < -0.3 is 0 Å². The molecule has 118 valence electrons. The molecule has 2 aromatic carbocycles. The Kier molecular flexibility index (Phi) is 3.09. The third-order valence-electron chi connectivity index (χ3n) is 4.30. The minimum Gasteiger partial charge on any atom is -0.268 e. The zero-order chi connectivity index (χ0) is 16.8. The number of amides is 2. The third-order valence-corrected chi connectivity index (χ3v) is 4.30. The number of benzene rings is 2. The van der Waals surface area contributed by atoms with Gasteiger partial charge in [0.05, 0.1) is 34.4 Å². The van der Waals surface area contributed by atoms with Gasteiger partial charge in [-0.1, -0.05) is 29.8 Å². The lowest BCUT2D eigenvalue weighted by molar-refractivity contribution is 0.0926. The van der Waals surface area contributed by atoms with Gasteiger partial charge in [-0.05, 0) is 38.1 Å². The Morgan fingerprint density at radius 3 is 2.00 bits per heavy atom. The molecule has 0 aliphatic carbocycles. The first-order valence-electron chi connectivity index (χ1n) is 7.67. The van der Waals surface area contributed by atoms with Gasteiger partial charge in [-0.25, -0.2) is 9.58 Å². The second kappa shape index (κ2) is 5.16. The van der Waals surface area contributed by atoms with Gasteiger partial charge in [-0.3, -0.25) is 9.59 Å². The van der Waals surface area contributed by atoms with Crippen LogP contribution in [-0.2, 0) is 0 Å². The van der Waals surface area contributed by atoms with Crippen molar-refractivity contribution in [2.45, 2.75) is 13.8 Å². The normalized spacial score (nSPS) is 13.5. The highest BCUT2D eigenvalue weighted by Crippen LogP contribution is 2.31. The highest BCUT2D eigenvalue weighted by atomic mass is 16.2. The molecule has 5 heteroatoms. The number of carbonyl (C=O) groups excluding carboxylic acids is 2. The van der Waals surface area contributed by atoms with Gasteiger partial charge in [0.2, 0.25) is 0 Å². The summed E-state index contributed by atoms with van der Waals surface area (Å²) in [5, 5.41) is 4.36. The fourth-order valence-corrected chi connectivity index (χ4v) is 2.97. The number of carbonyl (C=O) groups is 2. The van der Waals surface area contributed by atoms with E-state index in [0.29, 0.717) is 16.8 Å². The Bertz CT molecular complexity index is 936. The van der Waals surface area contributed by atoms with Gasteiger partial charge >= 0.3 is 0 Å². The molecule has 1 aliphatic heterocycles. The van der Waals surface area contributed by atoms with Crippen LogP contribution in [0.15, 0.2) is 54.7 Å². The van der Waals surface area contributed by atoms with Gasteiger partial charge in [-0.15, -0.1) is 0 Å². The average Bonchev–Trinajstić information content (AvgIpc) is 3.08. The van der Waals surface area contributed by atoms with Gasteiger partial charge in [0.15, 0.2) is 0 Å². The number of hydrogen-bond acceptors (Lipinski definition) is 3. The fourth-order valence-electron chi connectivity index (χ4n) is 2.97. The Morgan fingerprint density at radius 1 is 0.833 bits per heavy atom. The van der Waals surface area contributed by atoms with Crippen molar-refractivity contribution in [1.82, 2.24) is 9.78 Å². The number of imide groups is 1. The lowest BCUT2D eigenvalue weighted by atomic mass is 10.1. The maximum Gasteiger partial charge on any atom is 0.266 e. The molecule has 0 spiro atoms. The fraction of sp³-hybridized carbons (Fsp3) is 0.105. The van der Waals surface area contributed by atoms with Crippen molar-refractivity contribution in [1.29, 1.82) is 0 Å². The zero-order valence-electron chi connectivity index (χ0n) is 13.4. The second-order valence-corrected chi connectivity index (χ2v) is 5.85. The van der Waals surface area contributed by atoms with Crippen LogP contribution in [0.25, 0.3) is 5.69 Å². The van der Waals surface area contributed by atoms with E-state index in [4.69, 9.17) is 0 Å². The number of aryl methyl sites for hydroxylation is 1. The number of aromatic nitrogens is 2. The van der Waals surface area contributed by atoms with E-state index in [9.17, 15) is 9.59 Å². The molecule has 4 rings (SSSR count). The predicted molar refractivity (Wildman–Crippen MR) is 90.6 cm³/mol. The monoisotopic (exact) mass is 317 g/mol. The number of hydrogen-bond donors (Lipinski definition) is 0. The molecule has 0 unspecified atom stereocenters. The van der Waals surface area contributed by atoms with E-state index in [2.05, 4.69) is 5.10 Å². The van der Waals surface area contributed by atoms with Crippen LogP contribution in [0.4, 0.5) is 5.69 Å². The first-order chi connectivity index (χ1) is 11.6. The van der Waals surface area contributed by atoms with Gasteiger partial charge in [0, 0.05) is 0 Å². The summed E-state index contributed by atoms with van der Waals surface area (Å²) in [5.74, 6) is -0.607. The molecule has 0 radical (unpaired) electrons. The summed E-state index contributed by atoms with van der Waals surface area (Å²) in [6.45, 7) is 3.87. The van der Waals surface area contributed by atoms with E-state index in [-0.39, 0.29) is 11.8 Å². The number of nitrogens with zero attached hydrogens (tertiary/aromatic N) is 3. The number of anilines is 1. The summed E-state index contributed by atoms with van der Waals surface area (Å²) in [6, 6.07) is 14.8.